The Bertz CT molecular complexity index is 603. The molecule has 2 fully saturated rings. The maximum atomic E-state index is 7.50. The Morgan fingerprint density at radius 1 is 0.839 bits per heavy atom. The molecule has 2 aliphatic rings. The second-order valence-corrected chi connectivity index (χ2v) is 7.72. The van der Waals surface area contributed by atoms with E-state index in [0.29, 0.717) is 18.2 Å². The number of ether oxygens (including phenoxy) is 2. The molecule has 31 heavy (non-hydrogen) atoms. The molecule has 0 N–H and O–H groups in total. The van der Waals surface area contributed by atoms with Gasteiger partial charge in [0, 0.05) is 61.2 Å². The van der Waals surface area contributed by atoms with Crippen LogP contribution in [-0.4, -0.2) is 62.4 Å². The van der Waals surface area contributed by atoms with Gasteiger partial charge in [0.2, 0.25) is 0 Å². The molecular formula is C22H29BrCrN2O5. The number of hydrogen-bond acceptors (Lipinski definition) is 4. The van der Waals surface area contributed by atoms with Crippen LogP contribution >= 0.6 is 15.9 Å². The summed E-state index contributed by atoms with van der Waals surface area (Å²) in [7, 11) is 3.59. The molecule has 1 aliphatic heterocycles. The number of rotatable bonds is 7. The molecule has 0 bridgehead atoms. The van der Waals surface area contributed by atoms with E-state index < -0.39 is 0 Å². The van der Waals surface area contributed by atoms with Crippen molar-refractivity contribution in [3.63, 3.8) is 0 Å². The van der Waals surface area contributed by atoms with E-state index in [1.807, 2.05) is 0 Å². The summed E-state index contributed by atoms with van der Waals surface area (Å²) < 4.78 is 34.5. The summed E-state index contributed by atoms with van der Waals surface area (Å²) in [6, 6.07) is 10.1. The van der Waals surface area contributed by atoms with Gasteiger partial charge in [-0.15, -0.1) is 0 Å². The van der Waals surface area contributed by atoms with E-state index in [0.717, 1.165) is 30.8 Å². The van der Waals surface area contributed by atoms with Crippen molar-refractivity contribution in [1.29, 1.82) is 0 Å². The molecule has 1 saturated carbocycles. The predicted molar refractivity (Wildman–Crippen MR) is 112 cm³/mol. The van der Waals surface area contributed by atoms with Crippen LogP contribution in [0.25, 0.3) is 0 Å². The first-order chi connectivity index (χ1) is 14.8. The zero-order valence-corrected chi connectivity index (χ0v) is 20.8. The van der Waals surface area contributed by atoms with Crippen molar-refractivity contribution < 1.29 is 40.8 Å². The quantitative estimate of drug-likeness (QED) is 0.397. The Hall–Kier alpha value is -0.708. The fraction of sp³-hybridized carbons (Fsp3) is 0.591. The number of halogens is 1. The Morgan fingerprint density at radius 3 is 1.58 bits per heavy atom. The van der Waals surface area contributed by atoms with Gasteiger partial charge in [-0.05, 0) is 30.5 Å². The second-order valence-electron chi connectivity index (χ2n) is 6.81. The normalized spacial score (nSPS) is 20.3. The topological polar surface area (TPSA) is 84.6 Å². The first kappa shape index (κ1) is 32.5. The third-order valence-electron chi connectivity index (χ3n) is 5.45. The largest absolute Gasteiger partial charge is 0 e. The molecule has 3 rings (SSSR count). The summed E-state index contributed by atoms with van der Waals surface area (Å²) in [5.74, 6) is 0. The van der Waals surface area contributed by atoms with Gasteiger partial charge < -0.3 is 9.47 Å². The Morgan fingerprint density at radius 2 is 1.23 bits per heavy atom. The Kier molecular flexibility index (Phi) is 20.9. The standard InChI is InChI=1S/C19H29BrN2O2.3CO.Cr/c1-23-13-11-21-17-5-3-4-6-18(17)22(12-14-24-2)19(21)15-7-9-16(20)10-8-15;3*1-2;/h7-10,17-19H,3-6,11-14H2,1-2H3;;;;/t17-,18-;;;;/m1..../s1. The SMILES string of the molecule is COCCN1C(c2ccc(Br)cc2)N(CCOC)[C@@H]2CCCC[C@H]21.[C-]#[O+].[C-]#[O+].[C-]#[O+].[Cr]. The molecule has 1 heterocycles. The third kappa shape index (κ3) is 9.36. The van der Waals surface area contributed by atoms with Crippen LogP contribution in [0.3, 0.4) is 0 Å². The van der Waals surface area contributed by atoms with Crippen molar-refractivity contribution in [2.45, 2.75) is 43.9 Å². The van der Waals surface area contributed by atoms with Gasteiger partial charge >= 0.3 is 33.9 Å². The van der Waals surface area contributed by atoms with Gasteiger partial charge in [-0.1, -0.05) is 40.9 Å². The van der Waals surface area contributed by atoms with Crippen LogP contribution in [-0.2, 0) is 40.8 Å². The van der Waals surface area contributed by atoms with Gasteiger partial charge in [-0.3, -0.25) is 9.80 Å². The van der Waals surface area contributed by atoms with Gasteiger partial charge in [-0.2, -0.15) is 0 Å². The minimum absolute atomic E-state index is 0. The maximum Gasteiger partial charge on any atom is 0 e. The Labute approximate surface area is 204 Å². The van der Waals surface area contributed by atoms with E-state index in [1.165, 1.54) is 31.2 Å². The molecule has 9 heteroatoms. The van der Waals surface area contributed by atoms with E-state index in [-0.39, 0.29) is 17.4 Å². The molecule has 1 aromatic carbocycles. The number of benzene rings is 1. The van der Waals surface area contributed by atoms with E-state index >= 15 is 0 Å². The molecular weight excluding hydrogens is 504 g/mol. The molecule has 0 amide bonds. The first-order valence-electron chi connectivity index (χ1n) is 9.62. The number of methoxy groups -OCH3 is 2. The van der Waals surface area contributed by atoms with Crippen molar-refractivity contribution in [3.05, 3.63) is 54.3 Å². The molecule has 2 atom stereocenters. The summed E-state index contributed by atoms with van der Waals surface area (Å²) in [4.78, 5) is 5.35. The fourth-order valence-electron chi connectivity index (χ4n) is 4.41. The van der Waals surface area contributed by atoms with Gasteiger partial charge in [0.15, 0.2) is 0 Å². The Balaban J connectivity index is 0. The molecule has 7 nitrogen and oxygen atoms in total. The van der Waals surface area contributed by atoms with Crippen LogP contribution in [0.2, 0.25) is 0 Å². The molecule has 0 aromatic heterocycles. The van der Waals surface area contributed by atoms with Gasteiger partial charge in [-0.25, -0.2) is 0 Å². The molecule has 1 aliphatic carbocycles. The fourth-order valence-corrected chi connectivity index (χ4v) is 4.67. The summed E-state index contributed by atoms with van der Waals surface area (Å²) in [6.45, 7) is 17.0. The monoisotopic (exact) mass is 532 g/mol. The summed E-state index contributed by atoms with van der Waals surface area (Å²) in [5.41, 5.74) is 1.37. The van der Waals surface area contributed by atoms with Crippen molar-refractivity contribution in [2.24, 2.45) is 0 Å². The van der Waals surface area contributed by atoms with Gasteiger partial charge in [0.25, 0.3) is 0 Å². The third-order valence-corrected chi connectivity index (χ3v) is 5.98. The van der Waals surface area contributed by atoms with Crippen molar-refractivity contribution in [1.82, 2.24) is 9.80 Å². The van der Waals surface area contributed by atoms with Crippen LogP contribution in [0.5, 0.6) is 0 Å². The molecule has 0 spiro atoms. The molecule has 1 aromatic rings. The van der Waals surface area contributed by atoms with E-state index in [2.05, 4.69) is 69.9 Å². The molecule has 0 unspecified atom stereocenters. The number of hydrogen-bond donors (Lipinski definition) is 0. The number of nitrogens with zero attached hydrogens (tertiary/aromatic N) is 2. The second kappa shape index (κ2) is 19.9. The predicted octanol–water partition coefficient (Wildman–Crippen LogP) is 3.55. The van der Waals surface area contributed by atoms with Gasteiger partial charge in [0.05, 0.1) is 19.4 Å². The van der Waals surface area contributed by atoms with E-state index in [1.54, 1.807) is 14.2 Å². The van der Waals surface area contributed by atoms with Crippen molar-refractivity contribution in [3.8, 4) is 0 Å². The zero-order chi connectivity index (χ0) is 22.9. The summed E-state index contributed by atoms with van der Waals surface area (Å²) >= 11 is 3.56. The summed E-state index contributed by atoms with van der Waals surface area (Å²) in [5, 5.41) is 0. The van der Waals surface area contributed by atoms with Crippen LogP contribution in [0.15, 0.2) is 28.7 Å². The average Bonchev–Trinajstić information content (AvgIpc) is 3.14. The summed E-state index contributed by atoms with van der Waals surface area (Å²) in [6.07, 6.45) is 5.61. The maximum absolute atomic E-state index is 7.50. The van der Waals surface area contributed by atoms with Crippen LogP contribution in [0, 0.1) is 20.0 Å². The van der Waals surface area contributed by atoms with Crippen LogP contribution < -0.4 is 0 Å². The molecule has 1 saturated heterocycles. The molecule has 170 valence electrons. The smallest absolute Gasteiger partial charge is 0 e. The van der Waals surface area contributed by atoms with Gasteiger partial charge in [0.1, 0.15) is 0 Å². The molecule has 0 radical (unpaired) electrons. The van der Waals surface area contributed by atoms with E-state index in [9.17, 15) is 0 Å². The van der Waals surface area contributed by atoms with Crippen LogP contribution in [0.1, 0.15) is 37.4 Å². The number of fused-ring (bicyclic) bond motifs is 1. The zero-order valence-electron chi connectivity index (χ0n) is 17.9. The van der Waals surface area contributed by atoms with Crippen molar-refractivity contribution in [2.75, 3.05) is 40.5 Å². The van der Waals surface area contributed by atoms with Crippen molar-refractivity contribution >= 4 is 15.9 Å². The minimum Gasteiger partial charge on any atom is 0 e. The van der Waals surface area contributed by atoms with Crippen LogP contribution in [0.4, 0.5) is 0 Å². The minimum atomic E-state index is 0. The average molecular weight is 533 g/mol. The first-order valence-corrected chi connectivity index (χ1v) is 10.4. The van der Waals surface area contributed by atoms with E-state index in [4.69, 9.17) is 23.4 Å².